The molecule has 0 aromatic carbocycles. The van der Waals surface area contributed by atoms with Gasteiger partial charge in [-0.3, -0.25) is 4.57 Å². The zero-order valence-electron chi connectivity index (χ0n) is 12.3. The van der Waals surface area contributed by atoms with E-state index in [-0.39, 0.29) is 24.1 Å². The van der Waals surface area contributed by atoms with Crippen LogP contribution in [0.1, 0.15) is 27.7 Å². The molecule has 1 atom stereocenters. The lowest BCUT2D eigenvalue weighted by molar-refractivity contribution is 0.141. The smallest absolute Gasteiger partial charge is 0.306 e. The Morgan fingerprint density at radius 2 is 1.58 bits per heavy atom. The van der Waals surface area contributed by atoms with Gasteiger partial charge in [0.05, 0.1) is 24.1 Å². The van der Waals surface area contributed by atoms with Gasteiger partial charge < -0.3 is 9.05 Å². The summed E-state index contributed by atoms with van der Waals surface area (Å²) in [5.41, 5.74) is 0. The predicted octanol–water partition coefficient (Wildman–Crippen LogP) is 2.88. The Hall–Kier alpha value is -0.160. The molecule has 114 valence electrons. The van der Waals surface area contributed by atoms with Crippen molar-refractivity contribution < 1.29 is 22.0 Å². The van der Waals surface area contributed by atoms with Gasteiger partial charge in [-0.25, -0.2) is 8.42 Å². The van der Waals surface area contributed by atoms with Crippen LogP contribution in [-0.4, -0.2) is 38.8 Å². The minimum Gasteiger partial charge on any atom is -0.306 e. The maximum Gasteiger partial charge on any atom is 0.331 e. The molecule has 0 aliphatic heterocycles. The van der Waals surface area contributed by atoms with E-state index in [1.165, 1.54) is 6.08 Å². The van der Waals surface area contributed by atoms with Crippen LogP contribution in [0.25, 0.3) is 0 Å². The fourth-order valence-electron chi connectivity index (χ4n) is 1.62. The van der Waals surface area contributed by atoms with Crippen molar-refractivity contribution in [3.8, 4) is 0 Å². The minimum absolute atomic E-state index is 0.0277. The standard InChI is InChI=1S/C12H25O5PS/c1-7-12(9-19(6,14)15)8-18(13,16-10(2)3)17-11(4)5/h7,10-12H,1,8-9H2,2-6H3/t12-/m0/s1. The molecular formula is C12H25O5PS. The normalized spacial score (nSPS) is 14.9. The van der Waals surface area contributed by atoms with E-state index in [1.54, 1.807) is 27.7 Å². The molecule has 0 aliphatic rings. The Balaban J connectivity index is 4.97. The van der Waals surface area contributed by atoms with Crippen LogP contribution < -0.4 is 0 Å². The molecule has 0 aromatic rings. The summed E-state index contributed by atoms with van der Waals surface area (Å²) >= 11 is 0. The summed E-state index contributed by atoms with van der Waals surface area (Å²) in [6.45, 7) is 10.6. The predicted molar refractivity (Wildman–Crippen MR) is 78.3 cm³/mol. The first-order chi connectivity index (χ1) is 8.47. The van der Waals surface area contributed by atoms with Gasteiger partial charge in [0.15, 0.2) is 0 Å². The summed E-state index contributed by atoms with van der Waals surface area (Å²) in [6.07, 6.45) is 2.14. The largest absolute Gasteiger partial charge is 0.331 e. The van der Waals surface area contributed by atoms with Crippen LogP contribution in [0.15, 0.2) is 12.7 Å². The molecule has 0 fully saturated rings. The van der Waals surface area contributed by atoms with Crippen molar-refractivity contribution in [3.05, 3.63) is 12.7 Å². The summed E-state index contributed by atoms with van der Waals surface area (Å²) in [5.74, 6) is -0.554. The lowest BCUT2D eigenvalue weighted by Crippen LogP contribution is -2.20. The number of hydrogen-bond acceptors (Lipinski definition) is 5. The number of rotatable bonds is 9. The van der Waals surface area contributed by atoms with Crippen LogP contribution in [0.4, 0.5) is 0 Å². The fourth-order valence-corrected chi connectivity index (χ4v) is 5.19. The molecule has 7 heteroatoms. The van der Waals surface area contributed by atoms with E-state index in [0.29, 0.717) is 0 Å². The highest BCUT2D eigenvalue weighted by Gasteiger charge is 2.31. The first-order valence-corrected chi connectivity index (χ1v) is 10.0. The van der Waals surface area contributed by atoms with Crippen LogP contribution in [0, 0.1) is 5.92 Å². The highest BCUT2D eigenvalue weighted by atomic mass is 32.2. The van der Waals surface area contributed by atoms with Crippen LogP contribution in [0.5, 0.6) is 0 Å². The van der Waals surface area contributed by atoms with E-state index in [9.17, 15) is 13.0 Å². The van der Waals surface area contributed by atoms with Crippen LogP contribution in [-0.2, 0) is 23.4 Å². The Bertz CT molecular complexity index is 413. The molecule has 0 unspecified atom stereocenters. The fraction of sp³-hybridized carbons (Fsp3) is 0.833. The SMILES string of the molecule is C=C[C@@H](CP(=O)(OC(C)C)OC(C)C)CS(C)(=O)=O. The van der Waals surface area contributed by atoms with Crippen molar-refractivity contribution in [2.45, 2.75) is 39.9 Å². The van der Waals surface area contributed by atoms with E-state index in [0.717, 1.165) is 6.26 Å². The van der Waals surface area contributed by atoms with Crippen LogP contribution in [0.3, 0.4) is 0 Å². The highest BCUT2D eigenvalue weighted by molar-refractivity contribution is 7.90. The quantitative estimate of drug-likeness (QED) is 0.483. The number of sulfone groups is 1. The summed E-state index contributed by atoms with van der Waals surface area (Å²) in [6, 6.07) is 0. The van der Waals surface area contributed by atoms with Crippen molar-refractivity contribution in [2.24, 2.45) is 5.92 Å². The third-order valence-electron chi connectivity index (χ3n) is 2.05. The van der Waals surface area contributed by atoms with Crippen molar-refractivity contribution in [1.29, 1.82) is 0 Å². The summed E-state index contributed by atoms with van der Waals surface area (Å²) in [5, 5.41) is 0. The van der Waals surface area contributed by atoms with Crippen LogP contribution in [0.2, 0.25) is 0 Å². The number of hydrogen-bond donors (Lipinski definition) is 0. The lowest BCUT2D eigenvalue weighted by Gasteiger charge is -2.25. The van der Waals surface area contributed by atoms with E-state index < -0.39 is 23.4 Å². The molecule has 0 aromatic heterocycles. The summed E-state index contributed by atoms with van der Waals surface area (Å²) in [4.78, 5) is 0. The molecule has 19 heavy (non-hydrogen) atoms. The van der Waals surface area contributed by atoms with E-state index in [1.807, 2.05) is 0 Å². The Morgan fingerprint density at radius 1 is 1.16 bits per heavy atom. The van der Waals surface area contributed by atoms with Crippen molar-refractivity contribution >= 4 is 17.4 Å². The number of allylic oxidation sites excluding steroid dienone is 1. The zero-order chi connectivity index (χ0) is 15.3. The maximum atomic E-state index is 12.6. The second-order valence-corrected chi connectivity index (χ2v) is 9.38. The van der Waals surface area contributed by atoms with Gasteiger partial charge in [-0.2, -0.15) is 0 Å². The monoisotopic (exact) mass is 312 g/mol. The van der Waals surface area contributed by atoms with Gasteiger partial charge in [-0.05, 0) is 27.7 Å². The van der Waals surface area contributed by atoms with E-state index >= 15 is 0 Å². The topological polar surface area (TPSA) is 69.7 Å². The second-order valence-electron chi connectivity index (χ2n) is 5.19. The average Bonchev–Trinajstić information content (AvgIpc) is 2.10. The zero-order valence-corrected chi connectivity index (χ0v) is 14.0. The molecular weight excluding hydrogens is 287 g/mol. The van der Waals surface area contributed by atoms with Crippen molar-refractivity contribution in [1.82, 2.24) is 0 Å². The highest BCUT2D eigenvalue weighted by Crippen LogP contribution is 2.52. The van der Waals surface area contributed by atoms with Gasteiger partial charge in [-0.1, -0.05) is 6.08 Å². The van der Waals surface area contributed by atoms with Crippen LogP contribution >= 0.6 is 7.60 Å². The first-order valence-electron chi connectivity index (χ1n) is 6.23. The summed E-state index contributed by atoms with van der Waals surface area (Å²) in [7, 11) is -6.49. The lowest BCUT2D eigenvalue weighted by atomic mass is 10.2. The maximum absolute atomic E-state index is 12.6. The molecule has 0 saturated carbocycles. The van der Waals surface area contributed by atoms with Gasteiger partial charge >= 0.3 is 7.60 Å². The van der Waals surface area contributed by atoms with Gasteiger partial charge in [0.2, 0.25) is 0 Å². The molecule has 0 amide bonds. The van der Waals surface area contributed by atoms with E-state index in [4.69, 9.17) is 9.05 Å². The Morgan fingerprint density at radius 3 is 1.84 bits per heavy atom. The third kappa shape index (κ3) is 9.38. The molecule has 0 N–H and O–H groups in total. The Kier molecular flexibility index (Phi) is 7.51. The molecule has 0 radical (unpaired) electrons. The van der Waals surface area contributed by atoms with Crippen molar-refractivity contribution in [2.75, 3.05) is 18.2 Å². The molecule has 0 spiro atoms. The van der Waals surface area contributed by atoms with E-state index in [2.05, 4.69) is 6.58 Å². The van der Waals surface area contributed by atoms with Gasteiger partial charge in [0.1, 0.15) is 9.84 Å². The second kappa shape index (κ2) is 7.58. The molecule has 5 nitrogen and oxygen atoms in total. The van der Waals surface area contributed by atoms with Gasteiger partial charge in [-0.15, -0.1) is 6.58 Å². The molecule has 0 rings (SSSR count). The summed E-state index contributed by atoms with van der Waals surface area (Å²) < 4.78 is 46.0. The van der Waals surface area contributed by atoms with Gasteiger partial charge in [0, 0.05) is 12.2 Å². The molecule has 0 saturated heterocycles. The van der Waals surface area contributed by atoms with Crippen molar-refractivity contribution in [3.63, 3.8) is 0 Å². The molecule has 0 heterocycles. The third-order valence-corrected chi connectivity index (χ3v) is 5.49. The molecule has 0 bridgehead atoms. The van der Waals surface area contributed by atoms with Gasteiger partial charge in [0.25, 0.3) is 0 Å². The minimum atomic E-state index is -3.33. The Labute approximate surface area is 116 Å². The average molecular weight is 312 g/mol. The first kappa shape index (κ1) is 18.8. The molecule has 0 aliphatic carbocycles.